The molecule has 0 radical (unpaired) electrons. The predicted molar refractivity (Wildman–Crippen MR) is 75.8 cm³/mol. The first-order valence-electron chi connectivity index (χ1n) is 5.63. The van der Waals surface area contributed by atoms with E-state index in [1.165, 1.54) is 0 Å². The van der Waals surface area contributed by atoms with Crippen LogP contribution < -0.4 is 0 Å². The van der Waals surface area contributed by atoms with E-state index in [4.69, 9.17) is 11.6 Å². The lowest BCUT2D eigenvalue weighted by molar-refractivity contribution is 0.599. The summed E-state index contributed by atoms with van der Waals surface area (Å²) in [6, 6.07) is 9.48. The van der Waals surface area contributed by atoms with Crippen molar-refractivity contribution in [2.45, 2.75) is 12.7 Å². The summed E-state index contributed by atoms with van der Waals surface area (Å²) in [4.78, 5) is 8.33. The largest absolute Gasteiger partial charge is 0.231 e. The molecule has 0 spiro atoms. The molecule has 0 saturated carbocycles. The normalized spacial score (nSPS) is 11.5. The fourth-order valence-corrected chi connectivity index (χ4v) is 2.49. The van der Waals surface area contributed by atoms with Crippen molar-refractivity contribution in [3.05, 3.63) is 46.9 Å². The van der Waals surface area contributed by atoms with Gasteiger partial charge in [0, 0.05) is 17.4 Å². The molecule has 0 aliphatic carbocycles. The van der Waals surface area contributed by atoms with Gasteiger partial charge in [-0.1, -0.05) is 41.9 Å². The summed E-state index contributed by atoms with van der Waals surface area (Å²) in [5.41, 5.74) is 2.29. The van der Waals surface area contributed by atoms with Crippen molar-refractivity contribution < 1.29 is 8.42 Å². The van der Waals surface area contributed by atoms with Crippen LogP contribution in [-0.2, 0) is 15.6 Å². The highest BCUT2D eigenvalue weighted by Crippen LogP contribution is 2.25. The van der Waals surface area contributed by atoms with E-state index in [2.05, 4.69) is 9.97 Å². The first kappa shape index (κ1) is 14.0. The molecule has 19 heavy (non-hydrogen) atoms. The molecule has 6 heteroatoms. The number of hydrogen-bond acceptors (Lipinski definition) is 4. The third-order valence-electron chi connectivity index (χ3n) is 2.57. The summed E-state index contributed by atoms with van der Waals surface area (Å²) in [6.45, 7) is 1.81. The van der Waals surface area contributed by atoms with Crippen LogP contribution in [0.3, 0.4) is 0 Å². The molecule has 1 heterocycles. The van der Waals surface area contributed by atoms with Crippen LogP contribution in [0.1, 0.15) is 11.4 Å². The average molecular weight is 297 g/mol. The summed E-state index contributed by atoms with van der Waals surface area (Å²) in [6.07, 6.45) is 1.15. The van der Waals surface area contributed by atoms with Crippen LogP contribution in [0.15, 0.2) is 30.3 Å². The van der Waals surface area contributed by atoms with E-state index in [0.717, 1.165) is 17.4 Å². The topological polar surface area (TPSA) is 59.9 Å². The third-order valence-corrected chi connectivity index (χ3v) is 3.72. The van der Waals surface area contributed by atoms with Gasteiger partial charge < -0.3 is 0 Å². The fourth-order valence-electron chi connectivity index (χ4n) is 1.71. The van der Waals surface area contributed by atoms with Gasteiger partial charge in [0.1, 0.15) is 16.7 Å². The van der Waals surface area contributed by atoms with Crippen molar-refractivity contribution in [1.29, 1.82) is 0 Å². The Bertz CT molecular complexity index is 700. The van der Waals surface area contributed by atoms with Crippen molar-refractivity contribution in [1.82, 2.24) is 9.97 Å². The van der Waals surface area contributed by atoms with E-state index >= 15 is 0 Å². The summed E-state index contributed by atoms with van der Waals surface area (Å²) in [7, 11) is -3.19. The second kappa shape index (κ2) is 5.27. The lowest BCUT2D eigenvalue weighted by atomic mass is 10.1. The quantitative estimate of drug-likeness (QED) is 0.817. The molecule has 2 rings (SSSR count). The molecular weight excluding hydrogens is 284 g/mol. The zero-order chi connectivity index (χ0) is 14.0. The molecule has 0 saturated heterocycles. The SMILES string of the molecule is Cc1c(Cl)nc(CS(C)(=O)=O)nc1-c1ccccc1. The van der Waals surface area contributed by atoms with Crippen LogP contribution in [0, 0.1) is 6.92 Å². The van der Waals surface area contributed by atoms with Gasteiger partial charge in [-0.2, -0.15) is 0 Å². The number of sulfone groups is 1. The van der Waals surface area contributed by atoms with Crippen LogP contribution >= 0.6 is 11.6 Å². The molecule has 1 aromatic heterocycles. The summed E-state index contributed by atoms with van der Waals surface area (Å²) >= 11 is 6.05. The fraction of sp³-hybridized carbons (Fsp3) is 0.231. The average Bonchev–Trinajstić information content (AvgIpc) is 2.33. The lowest BCUT2D eigenvalue weighted by Gasteiger charge is -2.09. The van der Waals surface area contributed by atoms with Crippen molar-refractivity contribution in [2.75, 3.05) is 6.26 Å². The van der Waals surface area contributed by atoms with E-state index < -0.39 is 9.84 Å². The number of benzene rings is 1. The lowest BCUT2D eigenvalue weighted by Crippen LogP contribution is -2.07. The van der Waals surface area contributed by atoms with E-state index in [-0.39, 0.29) is 16.7 Å². The molecule has 0 atom stereocenters. The van der Waals surface area contributed by atoms with Crippen molar-refractivity contribution in [3.8, 4) is 11.3 Å². The molecule has 100 valence electrons. The smallest absolute Gasteiger partial charge is 0.154 e. The van der Waals surface area contributed by atoms with Gasteiger partial charge in [0.05, 0.1) is 5.69 Å². The summed E-state index contributed by atoms with van der Waals surface area (Å²) in [5.74, 6) is 0.00396. The second-order valence-corrected chi connectivity index (χ2v) is 6.84. The summed E-state index contributed by atoms with van der Waals surface area (Å²) in [5, 5.41) is 0.285. The van der Waals surface area contributed by atoms with Crippen molar-refractivity contribution in [3.63, 3.8) is 0 Å². The molecule has 0 N–H and O–H groups in total. The maximum atomic E-state index is 11.3. The number of aromatic nitrogens is 2. The monoisotopic (exact) mass is 296 g/mol. The standard InChI is InChI=1S/C13H13ClN2O2S/c1-9-12(10-6-4-3-5-7-10)15-11(16-13(9)14)8-19(2,17)18/h3-7H,8H2,1-2H3. The van der Waals surface area contributed by atoms with Crippen LogP contribution in [0.4, 0.5) is 0 Å². The van der Waals surface area contributed by atoms with Gasteiger partial charge in [-0.05, 0) is 6.92 Å². The molecule has 0 bridgehead atoms. The maximum Gasteiger partial charge on any atom is 0.154 e. The zero-order valence-corrected chi connectivity index (χ0v) is 12.2. The number of halogens is 1. The molecule has 4 nitrogen and oxygen atoms in total. The number of rotatable bonds is 3. The van der Waals surface area contributed by atoms with Gasteiger partial charge in [-0.15, -0.1) is 0 Å². The molecule has 0 fully saturated rings. The number of nitrogens with zero attached hydrogens (tertiary/aromatic N) is 2. The Morgan fingerprint density at radius 3 is 2.37 bits per heavy atom. The van der Waals surface area contributed by atoms with Gasteiger partial charge in [-0.3, -0.25) is 0 Å². The molecule has 0 amide bonds. The second-order valence-electron chi connectivity index (χ2n) is 4.34. The first-order chi connectivity index (χ1) is 8.87. The molecule has 0 aliphatic rings. The Kier molecular flexibility index (Phi) is 3.87. The van der Waals surface area contributed by atoms with Crippen molar-refractivity contribution in [2.24, 2.45) is 0 Å². The minimum absolute atomic E-state index is 0.215. The molecular formula is C13H13ClN2O2S. The Balaban J connectivity index is 2.55. The van der Waals surface area contributed by atoms with Crippen molar-refractivity contribution >= 4 is 21.4 Å². The van der Waals surface area contributed by atoms with Crippen LogP contribution in [0.25, 0.3) is 11.3 Å². The molecule has 0 unspecified atom stereocenters. The first-order valence-corrected chi connectivity index (χ1v) is 8.07. The van der Waals surface area contributed by atoms with E-state index in [1.54, 1.807) is 0 Å². The third kappa shape index (κ3) is 3.52. The van der Waals surface area contributed by atoms with Gasteiger partial charge in [-0.25, -0.2) is 18.4 Å². The van der Waals surface area contributed by atoms with E-state index in [9.17, 15) is 8.42 Å². The van der Waals surface area contributed by atoms with Gasteiger partial charge in [0.25, 0.3) is 0 Å². The Hall–Kier alpha value is -1.46. The number of hydrogen-bond donors (Lipinski definition) is 0. The minimum atomic E-state index is -3.19. The predicted octanol–water partition coefficient (Wildman–Crippen LogP) is 2.65. The van der Waals surface area contributed by atoms with Crippen LogP contribution in [-0.4, -0.2) is 24.6 Å². The van der Waals surface area contributed by atoms with Crippen LogP contribution in [0.2, 0.25) is 5.15 Å². The van der Waals surface area contributed by atoms with E-state index in [1.807, 2.05) is 37.3 Å². The van der Waals surface area contributed by atoms with Crippen LogP contribution in [0.5, 0.6) is 0 Å². The zero-order valence-electron chi connectivity index (χ0n) is 10.6. The highest BCUT2D eigenvalue weighted by atomic mass is 35.5. The van der Waals surface area contributed by atoms with E-state index in [0.29, 0.717) is 5.69 Å². The Morgan fingerprint density at radius 1 is 1.16 bits per heavy atom. The highest BCUT2D eigenvalue weighted by Gasteiger charge is 2.14. The Morgan fingerprint density at radius 2 is 1.79 bits per heavy atom. The Labute approximate surface area is 117 Å². The van der Waals surface area contributed by atoms with Gasteiger partial charge >= 0.3 is 0 Å². The molecule has 2 aromatic rings. The highest BCUT2D eigenvalue weighted by molar-refractivity contribution is 7.89. The van der Waals surface area contributed by atoms with Gasteiger partial charge in [0.2, 0.25) is 0 Å². The van der Waals surface area contributed by atoms with Gasteiger partial charge in [0.15, 0.2) is 9.84 Å². The summed E-state index contributed by atoms with van der Waals surface area (Å²) < 4.78 is 22.6. The minimum Gasteiger partial charge on any atom is -0.231 e. The molecule has 0 aliphatic heterocycles. The molecule has 1 aromatic carbocycles. The maximum absolute atomic E-state index is 11.3.